The summed E-state index contributed by atoms with van der Waals surface area (Å²) in [5.74, 6) is -5.02. The van der Waals surface area contributed by atoms with Gasteiger partial charge in [0, 0.05) is 0 Å². The number of hydrogen-bond acceptors (Lipinski definition) is 9. The zero-order valence-corrected chi connectivity index (χ0v) is 14.7. The lowest BCUT2D eigenvalue weighted by Crippen LogP contribution is -2.42. The molecule has 20 heteroatoms. The Labute approximate surface area is 142 Å². The highest BCUT2D eigenvalue weighted by molar-refractivity contribution is 7.66. The van der Waals surface area contributed by atoms with Crippen LogP contribution in [-0.4, -0.2) is 68.4 Å². The van der Waals surface area contributed by atoms with E-state index in [0.29, 0.717) is 0 Å². The number of rotatable bonds is 9. The Kier molecular flexibility index (Phi) is 10.0. The van der Waals surface area contributed by atoms with Crippen molar-refractivity contribution in [1.29, 1.82) is 0 Å². The predicted octanol–water partition coefficient (Wildman–Crippen LogP) is -1.94. The molecule has 0 spiro atoms. The van der Waals surface area contributed by atoms with Gasteiger partial charge in [0.25, 0.3) is 0 Å². The molecule has 0 saturated carbocycles. The van der Waals surface area contributed by atoms with Crippen molar-refractivity contribution in [1.82, 2.24) is 0 Å². The summed E-state index contributed by atoms with van der Waals surface area (Å²) in [6.07, 6.45) is -2.29. The van der Waals surface area contributed by atoms with E-state index >= 15 is 0 Å². The van der Waals surface area contributed by atoms with Crippen LogP contribution in [0.5, 0.6) is 0 Å². The van der Waals surface area contributed by atoms with Crippen molar-refractivity contribution in [3.05, 3.63) is 0 Å². The molecule has 0 bridgehead atoms. The number of aliphatic carboxylic acids is 3. The second-order valence-electron chi connectivity index (χ2n) is 4.09. The van der Waals surface area contributed by atoms with Crippen LogP contribution in [0.3, 0.4) is 0 Å². The molecule has 0 aromatic rings. The number of carboxylic acids is 3. The zero-order valence-electron chi connectivity index (χ0n) is 12.0. The van der Waals surface area contributed by atoms with Crippen molar-refractivity contribution in [2.24, 2.45) is 0 Å². The minimum absolute atomic E-state index is 1.14. The van der Waals surface area contributed by atoms with Crippen molar-refractivity contribution in [2.75, 3.05) is 0 Å². The van der Waals surface area contributed by atoms with Crippen LogP contribution >= 0.6 is 23.5 Å². The quantitative estimate of drug-likeness (QED) is 0.172. The Balaban J connectivity index is 0. The Morgan fingerprint density at radius 3 is 1.15 bits per heavy atom. The lowest BCUT2D eigenvalue weighted by molar-refractivity contribution is -0.170. The minimum Gasteiger partial charge on any atom is -0.481 e. The van der Waals surface area contributed by atoms with Crippen LogP contribution in [0.2, 0.25) is 0 Å². The van der Waals surface area contributed by atoms with Crippen molar-refractivity contribution >= 4 is 41.4 Å². The summed E-state index contributed by atoms with van der Waals surface area (Å²) in [6, 6.07) is 0. The highest BCUT2D eigenvalue weighted by atomic mass is 31.3. The van der Waals surface area contributed by atoms with Crippen LogP contribution < -0.4 is 0 Å². The Hall–Kier alpha value is -1.22. The molecule has 0 amide bonds. The van der Waals surface area contributed by atoms with Gasteiger partial charge >= 0.3 is 41.4 Å². The van der Waals surface area contributed by atoms with Gasteiger partial charge in [-0.15, -0.1) is 0 Å². The molecule has 0 fully saturated rings. The summed E-state index contributed by atoms with van der Waals surface area (Å²) in [4.78, 5) is 70.7. The van der Waals surface area contributed by atoms with Crippen molar-refractivity contribution < 1.29 is 81.6 Å². The minimum atomic E-state index is -5.46. The molecular weight excluding hydrogens is 437 g/mol. The van der Waals surface area contributed by atoms with E-state index in [2.05, 4.69) is 8.62 Å². The molecule has 0 saturated heterocycles. The molecular formula is C6H13O17P3. The molecule has 0 heterocycles. The first-order chi connectivity index (χ1) is 11.2. The summed E-state index contributed by atoms with van der Waals surface area (Å²) in [7, 11) is -16.2. The summed E-state index contributed by atoms with van der Waals surface area (Å²) in [5.41, 5.74) is -2.74. The topological polar surface area (TPSA) is 303 Å². The zero-order chi connectivity index (χ0) is 21.6. The number of hydrogen-bond donors (Lipinski definition) is 9. The van der Waals surface area contributed by atoms with Crippen LogP contribution in [0, 0.1) is 0 Å². The molecule has 0 aromatic carbocycles. The average Bonchev–Trinajstić information content (AvgIpc) is 2.18. The van der Waals surface area contributed by atoms with Crippen LogP contribution in [0.25, 0.3) is 0 Å². The summed E-state index contributed by atoms with van der Waals surface area (Å²) < 4.78 is 36.4. The van der Waals surface area contributed by atoms with Gasteiger partial charge in [-0.2, -0.15) is 8.62 Å². The molecule has 0 rings (SSSR count). The van der Waals surface area contributed by atoms with E-state index in [0.717, 1.165) is 0 Å². The molecule has 0 aliphatic rings. The van der Waals surface area contributed by atoms with Gasteiger partial charge in [-0.3, -0.25) is 9.59 Å². The fourth-order valence-electron chi connectivity index (χ4n) is 0.998. The Bertz CT molecular complexity index is 624. The Morgan fingerprint density at radius 1 is 0.731 bits per heavy atom. The van der Waals surface area contributed by atoms with Gasteiger partial charge in [-0.25, -0.2) is 18.5 Å². The second-order valence-corrected chi connectivity index (χ2v) is 8.30. The van der Waals surface area contributed by atoms with Gasteiger partial charge in [0.1, 0.15) is 0 Å². The third-order valence-corrected chi connectivity index (χ3v) is 5.06. The van der Waals surface area contributed by atoms with Crippen molar-refractivity contribution in [3.8, 4) is 0 Å². The van der Waals surface area contributed by atoms with Crippen LogP contribution in [0.1, 0.15) is 12.8 Å². The molecule has 0 radical (unpaired) electrons. The smallest absolute Gasteiger partial charge is 0.481 e. The SMILES string of the molecule is O=C(O)CC(O)(CC(=O)O)C(=O)O.O=P(O)(O)OP(=O)(O)OP(=O)(O)O. The third-order valence-electron chi connectivity index (χ3n) is 1.70. The second kappa shape index (κ2) is 9.64. The van der Waals surface area contributed by atoms with Crippen LogP contribution in [-0.2, 0) is 36.7 Å². The van der Waals surface area contributed by atoms with Crippen molar-refractivity contribution in [3.63, 3.8) is 0 Å². The van der Waals surface area contributed by atoms with Gasteiger partial charge in [0.15, 0.2) is 5.60 Å². The number of carboxylic acid groups (broad SMARTS) is 3. The van der Waals surface area contributed by atoms with E-state index in [1.54, 1.807) is 0 Å². The molecule has 0 aromatic heterocycles. The summed E-state index contributed by atoms with van der Waals surface area (Å²) >= 11 is 0. The van der Waals surface area contributed by atoms with E-state index < -0.39 is 59.8 Å². The van der Waals surface area contributed by atoms with E-state index in [1.165, 1.54) is 0 Å². The largest absolute Gasteiger partial charge is 0.490 e. The fraction of sp³-hybridized carbons (Fsp3) is 0.500. The number of phosphoric acid groups is 3. The summed E-state index contributed by atoms with van der Waals surface area (Å²) in [6.45, 7) is 0. The molecule has 0 unspecified atom stereocenters. The van der Waals surface area contributed by atoms with Crippen molar-refractivity contribution in [2.45, 2.75) is 18.4 Å². The van der Waals surface area contributed by atoms with Crippen LogP contribution in [0.4, 0.5) is 0 Å². The highest BCUT2D eigenvalue weighted by Gasteiger charge is 2.41. The molecule has 9 N–H and O–H groups in total. The van der Waals surface area contributed by atoms with Crippen LogP contribution in [0.15, 0.2) is 0 Å². The van der Waals surface area contributed by atoms with Gasteiger partial charge in [-0.05, 0) is 0 Å². The maximum atomic E-state index is 10.4. The molecule has 0 atom stereocenters. The predicted molar refractivity (Wildman–Crippen MR) is 73.2 cm³/mol. The number of carbonyl (C=O) groups is 3. The first kappa shape index (κ1) is 27.0. The van der Waals surface area contributed by atoms with E-state index in [-0.39, 0.29) is 0 Å². The normalized spacial score (nSPS) is 12.7. The number of aliphatic hydroxyl groups is 1. The Morgan fingerprint density at radius 2 is 1.00 bits per heavy atom. The maximum absolute atomic E-state index is 10.4. The molecule has 26 heavy (non-hydrogen) atoms. The summed E-state index contributed by atoms with van der Waals surface area (Å²) in [5, 5.41) is 33.8. The fourth-order valence-corrected chi connectivity index (χ4v) is 3.54. The maximum Gasteiger partial charge on any atom is 0.490 e. The molecule has 17 nitrogen and oxygen atoms in total. The monoisotopic (exact) mass is 450 g/mol. The van der Waals surface area contributed by atoms with Gasteiger partial charge < -0.3 is 44.9 Å². The van der Waals surface area contributed by atoms with E-state index in [4.69, 9.17) is 44.9 Å². The van der Waals surface area contributed by atoms with E-state index in [1.807, 2.05) is 0 Å². The van der Waals surface area contributed by atoms with Gasteiger partial charge in [0.05, 0.1) is 12.8 Å². The molecule has 0 aliphatic heterocycles. The average molecular weight is 450 g/mol. The third kappa shape index (κ3) is 15.1. The first-order valence-corrected chi connectivity index (χ1v) is 10.0. The lowest BCUT2D eigenvalue weighted by atomic mass is 9.96. The highest BCUT2D eigenvalue weighted by Crippen LogP contribution is 2.64. The van der Waals surface area contributed by atoms with Gasteiger partial charge in [-0.1, -0.05) is 0 Å². The standard InChI is InChI=1S/C6H8O7.H5O10P3/c7-3(8)1-6(13,5(11)12)2-4(9)10;1-11(2,3)9-13(7,8)10-12(4,5)6/h13H,1-2H2,(H,7,8)(H,9,10)(H,11,12);(H,7,8)(H2,1,2,3)(H2,4,5,6). The lowest BCUT2D eigenvalue weighted by Gasteiger charge is -2.18. The first-order valence-electron chi connectivity index (χ1n) is 5.45. The molecule has 0 aliphatic carbocycles. The van der Waals surface area contributed by atoms with E-state index in [9.17, 15) is 28.1 Å². The molecule has 154 valence electrons. The van der Waals surface area contributed by atoms with Gasteiger partial charge in [0.2, 0.25) is 0 Å².